The largest absolute Gasteiger partial charge is 0.309 e. The molecule has 1 atom stereocenters. The summed E-state index contributed by atoms with van der Waals surface area (Å²) in [6.07, 6.45) is 3.69. The van der Waals surface area contributed by atoms with Crippen molar-refractivity contribution in [3.05, 3.63) is 56.5 Å². The molecule has 0 fully saturated rings. The molecule has 1 N–H and O–H groups in total. The Balaban J connectivity index is 1.99. The van der Waals surface area contributed by atoms with Gasteiger partial charge in [-0.25, -0.2) is 4.39 Å². The van der Waals surface area contributed by atoms with Crippen LogP contribution in [0.3, 0.4) is 0 Å². The second-order valence-corrected chi connectivity index (χ2v) is 6.40. The third-order valence-electron chi connectivity index (χ3n) is 3.74. The first-order valence-corrected chi connectivity index (χ1v) is 7.55. The Morgan fingerprint density at radius 3 is 2.74 bits per heavy atom. The van der Waals surface area contributed by atoms with Gasteiger partial charge in [0.25, 0.3) is 0 Å². The average molecular weight is 275 g/mol. The lowest BCUT2D eigenvalue weighted by molar-refractivity contribution is 0.616. The first-order valence-electron chi connectivity index (χ1n) is 6.73. The summed E-state index contributed by atoms with van der Waals surface area (Å²) in [6, 6.07) is 7.68. The summed E-state index contributed by atoms with van der Waals surface area (Å²) >= 11 is 1.88. The summed E-state index contributed by atoms with van der Waals surface area (Å²) in [6.45, 7) is 1.94. The van der Waals surface area contributed by atoms with E-state index in [1.54, 1.807) is 12.1 Å². The number of nitrogens with one attached hydrogen (secondary N) is 1. The minimum Gasteiger partial charge on any atom is -0.309 e. The number of thiophene rings is 1. The van der Waals surface area contributed by atoms with Gasteiger partial charge in [0.2, 0.25) is 0 Å². The quantitative estimate of drug-likeness (QED) is 0.893. The van der Waals surface area contributed by atoms with Gasteiger partial charge < -0.3 is 5.32 Å². The maximum Gasteiger partial charge on any atom is 0.123 e. The van der Waals surface area contributed by atoms with Gasteiger partial charge in [-0.05, 0) is 68.1 Å². The fraction of sp³-hybridized carbons (Fsp3) is 0.375. The first kappa shape index (κ1) is 12.8. The molecule has 1 heterocycles. The van der Waals surface area contributed by atoms with E-state index >= 15 is 0 Å². The highest BCUT2D eigenvalue weighted by molar-refractivity contribution is 7.12. The van der Waals surface area contributed by atoms with Crippen LogP contribution in [0, 0.1) is 12.7 Å². The normalized spacial score (nSPS) is 15.5. The Morgan fingerprint density at radius 2 is 2.05 bits per heavy atom. The number of aryl methyl sites for hydroxylation is 3. The molecule has 1 unspecified atom stereocenters. The minimum atomic E-state index is -0.153. The third kappa shape index (κ3) is 2.45. The van der Waals surface area contributed by atoms with Crippen LogP contribution in [0.1, 0.15) is 38.9 Å². The van der Waals surface area contributed by atoms with Gasteiger partial charge >= 0.3 is 0 Å². The van der Waals surface area contributed by atoms with Crippen LogP contribution in [0.4, 0.5) is 4.39 Å². The topological polar surface area (TPSA) is 12.0 Å². The molecule has 3 heteroatoms. The number of halogens is 1. The van der Waals surface area contributed by atoms with Gasteiger partial charge in [0.1, 0.15) is 5.82 Å². The lowest BCUT2D eigenvalue weighted by Gasteiger charge is -2.16. The fourth-order valence-electron chi connectivity index (χ4n) is 2.90. The van der Waals surface area contributed by atoms with Crippen molar-refractivity contribution >= 4 is 11.3 Å². The van der Waals surface area contributed by atoms with E-state index in [0.717, 1.165) is 11.1 Å². The van der Waals surface area contributed by atoms with Gasteiger partial charge in [-0.15, -0.1) is 11.3 Å². The lowest BCUT2D eigenvalue weighted by atomic mass is 10.0. The number of rotatable bonds is 3. The van der Waals surface area contributed by atoms with Crippen LogP contribution in [0.15, 0.2) is 24.3 Å². The SMILES string of the molecule is CNC(c1cc(C)cc(F)c1)c1cc2c(s1)CCC2. The van der Waals surface area contributed by atoms with Crippen molar-refractivity contribution in [1.29, 1.82) is 0 Å². The van der Waals surface area contributed by atoms with E-state index in [1.165, 1.54) is 34.6 Å². The van der Waals surface area contributed by atoms with E-state index in [-0.39, 0.29) is 11.9 Å². The van der Waals surface area contributed by atoms with Crippen LogP contribution in [-0.2, 0) is 12.8 Å². The zero-order valence-corrected chi connectivity index (χ0v) is 12.1. The molecule has 1 aliphatic carbocycles. The van der Waals surface area contributed by atoms with Gasteiger partial charge in [0.15, 0.2) is 0 Å². The maximum absolute atomic E-state index is 13.6. The maximum atomic E-state index is 13.6. The fourth-order valence-corrected chi connectivity index (χ4v) is 4.29. The van der Waals surface area contributed by atoms with Crippen LogP contribution >= 0.6 is 11.3 Å². The van der Waals surface area contributed by atoms with Gasteiger partial charge in [-0.2, -0.15) is 0 Å². The van der Waals surface area contributed by atoms with Gasteiger partial charge in [-0.1, -0.05) is 6.07 Å². The second kappa shape index (κ2) is 5.06. The van der Waals surface area contributed by atoms with Crippen LogP contribution in [0.2, 0.25) is 0 Å². The first-order chi connectivity index (χ1) is 9.17. The van der Waals surface area contributed by atoms with Crippen molar-refractivity contribution in [1.82, 2.24) is 5.32 Å². The van der Waals surface area contributed by atoms with Gasteiger partial charge in [-0.3, -0.25) is 0 Å². The van der Waals surface area contributed by atoms with Crippen molar-refractivity contribution in [2.75, 3.05) is 7.05 Å². The molecule has 0 spiro atoms. The predicted molar refractivity (Wildman–Crippen MR) is 78.4 cm³/mol. The van der Waals surface area contributed by atoms with Crippen molar-refractivity contribution in [2.24, 2.45) is 0 Å². The molecule has 0 radical (unpaired) electrons. The zero-order chi connectivity index (χ0) is 13.4. The van der Waals surface area contributed by atoms with Gasteiger partial charge in [0.05, 0.1) is 6.04 Å². The summed E-state index contributed by atoms with van der Waals surface area (Å²) in [7, 11) is 1.94. The Bertz CT molecular complexity index is 561. The monoisotopic (exact) mass is 275 g/mol. The Morgan fingerprint density at radius 1 is 1.21 bits per heavy atom. The van der Waals surface area contributed by atoms with Crippen LogP contribution in [0.5, 0.6) is 0 Å². The third-order valence-corrected chi connectivity index (χ3v) is 5.04. The molecule has 1 nitrogen and oxygen atoms in total. The lowest BCUT2D eigenvalue weighted by Crippen LogP contribution is -2.16. The molecule has 0 saturated heterocycles. The van der Waals surface area contributed by atoms with Crippen molar-refractivity contribution in [3.8, 4) is 0 Å². The van der Waals surface area contributed by atoms with E-state index in [1.807, 2.05) is 25.3 Å². The molecule has 2 aromatic rings. The molecule has 1 aromatic heterocycles. The average Bonchev–Trinajstić information content (AvgIpc) is 2.89. The van der Waals surface area contributed by atoms with E-state index in [2.05, 4.69) is 17.4 Å². The smallest absolute Gasteiger partial charge is 0.123 e. The molecule has 0 amide bonds. The van der Waals surface area contributed by atoms with Crippen LogP contribution < -0.4 is 5.32 Å². The van der Waals surface area contributed by atoms with E-state index in [0.29, 0.717) is 0 Å². The molecule has 0 aliphatic heterocycles. The highest BCUT2D eigenvalue weighted by atomic mass is 32.1. The number of benzene rings is 1. The molecule has 1 aliphatic rings. The second-order valence-electron chi connectivity index (χ2n) is 5.23. The molecular weight excluding hydrogens is 257 g/mol. The Labute approximate surface area is 117 Å². The summed E-state index contributed by atoms with van der Waals surface area (Å²) in [5.74, 6) is -0.153. The minimum absolute atomic E-state index is 0.102. The van der Waals surface area contributed by atoms with E-state index in [9.17, 15) is 4.39 Å². The Kier molecular flexibility index (Phi) is 3.42. The summed E-state index contributed by atoms with van der Waals surface area (Å²) in [5.41, 5.74) is 3.48. The highest BCUT2D eigenvalue weighted by Crippen LogP contribution is 2.36. The van der Waals surface area contributed by atoms with Crippen LogP contribution in [-0.4, -0.2) is 7.05 Å². The zero-order valence-electron chi connectivity index (χ0n) is 11.3. The standard InChI is InChI=1S/C16H18FNS/c1-10-6-12(8-13(17)7-10)16(18-2)15-9-11-4-3-5-14(11)19-15/h6-9,16,18H,3-5H2,1-2H3. The summed E-state index contributed by atoms with van der Waals surface area (Å²) in [4.78, 5) is 2.82. The van der Waals surface area contributed by atoms with Crippen molar-refractivity contribution in [2.45, 2.75) is 32.2 Å². The molecule has 0 bridgehead atoms. The van der Waals surface area contributed by atoms with Crippen LogP contribution in [0.25, 0.3) is 0 Å². The predicted octanol–water partition coefficient (Wildman–Crippen LogP) is 3.99. The van der Waals surface area contributed by atoms with Crippen molar-refractivity contribution < 1.29 is 4.39 Å². The Hall–Kier alpha value is -1.19. The summed E-state index contributed by atoms with van der Waals surface area (Å²) < 4.78 is 13.6. The van der Waals surface area contributed by atoms with Crippen molar-refractivity contribution in [3.63, 3.8) is 0 Å². The molecule has 3 rings (SSSR count). The highest BCUT2D eigenvalue weighted by Gasteiger charge is 2.20. The molecule has 0 saturated carbocycles. The number of hydrogen-bond donors (Lipinski definition) is 1. The van der Waals surface area contributed by atoms with E-state index < -0.39 is 0 Å². The van der Waals surface area contributed by atoms with Gasteiger partial charge in [0, 0.05) is 9.75 Å². The molecule has 19 heavy (non-hydrogen) atoms. The summed E-state index contributed by atoms with van der Waals surface area (Å²) in [5, 5.41) is 3.32. The van der Waals surface area contributed by atoms with E-state index in [4.69, 9.17) is 0 Å². The number of hydrogen-bond acceptors (Lipinski definition) is 2. The number of fused-ring (bicyclic) bond motifs is 1. The molecule has 1 aromatic carbocycles. The molecule has 100 valence electrons. The molecular formula is C16H18FNS.